The van der Waals surface area contributed by atoms with Gasteiger partial charge in [0.05, 0.1) is 5.56 Å². The number of hydrogen-bond donors (Lipinski definition) is 1. The number of nitrogens with one attached hydrogen (secondary N) is 1. The van der Waals surface area contributed by atoms with Crippen molar-refractivity contribution >= 4 is 18.2 Å². The van der Waals surface area contributed by atoms with Crippen LogP contribution in [-0.4, -0.2) is 12.8 Å². The largest absolute Gasteiger partial charge is 0.416 e. The van der Waals surface area contributed by atoms with E-state index >= 15 is 0 Å². The van der Waals surface area contributed by atoms with Gasteiger partial charge in [-0.25, -0.2) is 0 Å². The maximum absolute atomic E-state index is 12.5. The first-order chi connectivity index (χ1) is 9.04. The Balaban J connectivity index is 2.28. The van der Waals surface area contributed by atoms with Gasteiger partial charge in [0.1, 0.15) is 6.29 Å². The molecule has 0 amide bonds. The molecule has 6 heteroatoms. The van der Waals surface area contributed by atoms with Gasteiger partial charge in [0, 0.05) is 17.9 Å². The van der Waals surface area contributed by atoms with Crippen LogP contribution in [0.5, 0.6) is 0 Å². The van der Waals surface area contributed by atoms with Crippen molar-refractivity contribution in [3.63, 3.8) is 0 Å². The highest BCUT2D eigenvalue weighted by Gasteiger charge is 2.30. The number of rotatable bonds is 8. The summed E-state index contributed by atoms with van der Waals surface area (Å²) in [5.41, 5.74) is -0.634. The molecule has 0 aliphatic rings. The van der Waals surface area contributed by atoms with Crippen molar-refractivity contribution in [3.05, 3.63) is 29.8 Å². The molecule has 1 N–H and O–H groups in total. The molecule has 0 spiro atoms. The molecule has 0 aromatic heterocycles. The number of alkyl halides is 3. The third-order valence-electron chi connectivity index (χ3n) is 2.45. The fourth-order valence-corrected chi connectivity index (χ4v) is 2.22. The second-order valence-electron chi connectivity index (χ2n) is 4.04. The summed E-state index contributed by atoms with van der Waals surface area (Å²) in [5, 5.41) is 0. The molecule has 0 fully saturated rings. The summed E-state index contributed by atoms with van der Waals surface area (Å²) in [5.74, 6) is 0. The second-order valence-corrected chi connectivity index (χ2v) is 5.00. The van der Waals surface area contributed by atoms with Crippen molar-refractivity contribution in [2.24, 2.45) is 0 Å². The van der Waals surface area contributed by atoms with Gasteiger partial charge in [0.2, 0.25) is 0 Å². The lowest BCUT2D eigenvalue weighted by atomic mass is 10.2. The molecule has 19 heavy (non-hydrogen) atoms. The van der Waals surface area contributed by atoms with Crippen molar-refractivity contribution in [2.45, 2.75) is 36.8 Å². The Bertz CT molecular complexity index is 396. The Morgan fingerprint density at radius 1 is 1.21 bits per heavy atom. The van der Waals surface area contributed by atoms with Crippen LogP contribution >= 0.6 is 11.9 Å². The Labute approximate surface area is 114 Å². The van der Waals surface area contributed by atoms with Crippen molar-refractivity contribution < 1.29 is 18.0 Å². The molecule has 0 unspecified atom stereocenters. The normalized spacial score (nSPS) is 11.5. The van der Waals surface area contributed by atoms with Gasteiger partial charge in [-0.1, -0.05) is 12.5 Å². The quantitative estimate of drug-likeness (QED) is 0.445. The highest BCUT2D eigenvalue weighted by Crippen LogP contribution is 2.31. The standard InChI is InChI=1S/C13H16F3NOS/c14-13(15,16)11-6-5-7-12(10-11)19-17-8-3-1-2-4-9-18/h5-7,9-10,17H,1-4,8H2. The Kier molecular flexibility index (Phi) is 6.94. The zero-order chi connectivity index (χ0) is 14.1. The molecular weight excluding hydrogens is 275 g/mol. The van der Waals surface area contributed by atoms with Gasteiger partial charge in [-0.15, -0.1) is 0 Å². The first-order valence-electron chi connectivity index (χ1n) is 6.04. The summed E-state index contributed by atoms with van der Waals surface area (Å²) in [7, 11) is 0. The number of unbranched alkanes of at least 4 members (excludes halogenated alkanes) is 3. The molecule has 0 saturated heterocycles. The number of hydrogen-bond acceptors (Lipinski definition) is 3. The predicted molar refractivity (Wildman–Crippen MR) is 69.8 cm³/mol. The van der Waals surface area contributed by atoms with E-state index in [0.717, 1.165) is 37.7 Å². The van der Waals surface area contributed by atoms with Gasteiger partial charge in [-0.3, -0.25) is 4.72 Å². The van der Waals surface area contributed by atoms with Crippen molar-refractivity contribution in [1.29, 1.82) is 0 Å². The minimum atomic E-state index is -4.30. The lowest BCUT2D eigenvalue weighted by Gasteiger charge is -2.08. The summed E-state index contributed by atoms with van der Waals surface area (Å²) < 4.78 is 40.4. The average molecular weight is 291 g/mol. The highest BCUT2D eigenvalue weighted by atomic mass is 32.2. The minimum Gasteiger partial charge on any atom is -0.303 e. The van der Waals surface area contributed by atoms with Crippen LogP contribution < -0.4 is 4.72 Å². The monoisotopic (exact) mass is 291 g/mol. The van der Waals surface area contributed by atoms with E-state index in [-0.39, 0.29) is 0 Å². The maximum atomic E-state index is 12.5. The third-order valence-corrected chi connectivity index (χ3v) is 3.29. The summed E-state index contributed by atoms with van der Waals surface area (Å²) in [6, 6.07) is 5.23. The number of halogens is 3. The molecule has 0 saturated carbocycles. The van der Waals surface area contributed by atoms with E-state index in [1.807, 2.05) is 0 Å². The molecule has 0 bridgehead atoms. The molecule has 106 valence electrons. The van der Waals surface area contributed by atoms with E-state index in [9.17, 15) is 18.0 Å². The van der Waals surface area contributed by atoms with Gasteiger partial charge in [0.15, 0.2) is 0 Å². The zero-order valence-electron chi connectivity index (χ0n) is 10.4. The Morgan fingerprint density at radius 2 is 2.00 bits per heavy atom. The Hall–Kier alpha value is -1.01. The number of benzene rings is 1. The summed E-state index contributed by atoms with van der Waals surface area (Å²) in [6.45, 7) is 0.708. The van der Waals surface area contributed by atoms with Crippen LogP contribution in [0.1, 0.15) is 31.2 Å². The van der Waals surface area contributed by atoms with Crippen molar-refractivity contribution in [1.82, 2.24) is 4.72 Å². The first kappa shape index (κ1) is 16.0. The van der Waals surface area contributed by atoms with E-state index in [4.69, 9.17) is 0 Å². The lowest BCUT2D eigenvalue weighted by Crippen LogP contribution is -2.07. The van der Waals surface area contributed by atoms with Crippen LogP contribution in [0.3, 0.4) is 0 Å². The summed E-state index contributed by atoms with van der Waals surface area (Å²) >= 11 is 1.19. The molecule has 0 atom stereocenters. The smallest absolute Gasteiger partial charge is 0.303 e. The van der Waals surface area contributed by atoms with Crippen LogP contribution in [0.25, 0.3) is 0 Å². The van der Waals surface area contributed by atoms with Crippen LogP contribution in [0.15, 0.2) is 29.2 Å². The van der Waals surface area contributed by atoms with E-state index in [1.54, 1.807) is 6.07 Å². The van der Waals surface area contributed by atoms with Crippen molar-refractivity contribution in [2.75, 3.05) is 6.54 Å². The van der Waals surface area contributed by atoms with Gasteiger partial charge < -0.3 is 4.79 Å². The SMILES string of the molecule is O=CCCCCCNSc1cccc(C(F)(F)F)c1. The van der Waals surface area contributed by atoms with Gasteiger partial charge in [-0.05, 0) is 43.0 Å². The Morgan fingerprint density at radius 3 is 2.68 bits per heavy atom. The molecule has 0 heterocycles. The fraction of sp³-hybridized carbons (Fsp3) is 0.462. The molecule has 0 aliphatic heterocycles. The van der Waals surface area contributed by atoms with E-state index in [2.05, 4.69) is 4.72 Å². The molecule has 1 rings (SSSR count). The molecule has 1 aromatic carbocycles. The zero-order valence-corrected chi connectivity index (χ0v) is 11.2. The van der Waals surface area contributed by atoms with Crippen molar-refractivity contribution in [3.8, 4) is 0 Å². The summed E-state index contributed by atoms with van der Waals surface area (Å²) in [6.07, 6.45) is -0.134. The molecular formula is C13H16F3NOS. The number of carbonyl (C=O) groups excluding carboxylic acids is 1. The van der Waals surface area contributed by atoms with Crippen LogP contribution in [0, 0.1) is 0 Å². The third kappa shape index (κ3) is 6.63. The molecule has 0 aliphatic carbocycles. The molecule has 0 radical (unpaired) electrons. The van der Waals surface area contributed by atoms with Crippen LogP contribution in [-0.2, 0) is 11.0 Å². The average Bonchev–Trinajstić information content (AvgIpc) is 2.37. The van der Waals surface area contributed by atoms with Gasteiger partial charge in [-0.2, -0.15) is 13.2 Å². The molecule has 1 aromatic rings. The highest BCUT2D eigenvalue weighted by molar-refractivity contribution is 7.97. The number of carbonyl (C=O) groups is 1. The topological polar surface area (TPSA) is 29.1 Å². The van der Waals surface area contributed by atoms with Crippen LogP contribution in [0.2, 0.25) is 0 Å². The van der Waals surface area contributed by atoms with E-state index in [1.165, 1.54) is 18.0 Å². The summed E-state index contributed by atoms with van der Waals surface area (Å²) in [4.78, 5) is 10.6. The maximum Gasteiger partial charge on any atom is 0.416 e. The van der Waals surface area contributed by atoms with E-state index < -0.39 is 11.7 Å². The number of aldehydes is 1. The van der Waals surface area contributed by atoms with E-state index in [0.29, 0.717) is 17.9 Å². The van der Waals surface area contributed by atoms with Crippen LogP contribution in [0.4, 0.5) is 13.2 Å². The lowest BCUT2D eigenvalue weighted by molar-refractivity contribution is -0.137. The fourth-order valence-electron chi connectivity index (χ4n) is 1.47. The van der Waals surface area contributed by atoms with Gasteiger partial charge >= 0.3 is 6.18 Å². The predicted octanol–water partition coefficient (Wildman–Crippen LogP) is 4.06. The first-order valence-corrected chi connectivity index (χ1v) is 6.86. The second kappa shape index (κ2) is 8.22. The minimum absolute atomic E-state index is 0.544. The molecule has 2 nitrogen and oxygen atoms in total. The van der Waals surface area contributed by atoms with Gasteiger partial charge in [0.25, 0.3) is 0 Å².